The van der Waals surface area contributed by atoms with Gasteiger partial charge < -0.3 is 31.1 Å². The molecule has 0 saturated heterocycles. The predicted octanol–water partition coefficient (Wildman–Crippen LogP) is 3.05. The van der Waals surface area contributed by atoms with Crippen LogP contribution in [0.1, 0.15) is 84.4 Å². The third-order valence-electron chi connectivity index (χ3n) is 5.63. The number of nitrogens with zero attached hydrogens (tertiary/aromatic N) is 1. The molecule has 10 nitrogen and oxygen atoms in total. The van der Waals surface area contributed by atoms with E-state index in [1.54, 1.807) is 52.8 Å². The molecule has 0 heterocycles. The Hall–Kier alpha value is -3.30. The van der Waals surface area contributed by atoms with Crippen molar-refractivity contribution >= 4 is 23.8 Å². The summed E-state index contributed by atoms with van der Waals surface area (Å²) in [6.45, 7) is 12.7. The smallest absolute Gasteiger partial charge is 0.408 e. The number of primary amides is 1. The average molecular weight is 507 g/mol. The Kier molecular flexibility index (Phi) is 11.7. The van der Waals surface area contributed by atoms with Crippen molar-refractivity contribution in [1.29, 1.82) is 0 Å². The Balaban J connectivity index is 3.58. The van der Waals surface area contributed by atoms with Gasteiger partial charge >= 0.3 is 6.09 Å². The van der Waals surface area contributed by atoms with Gasteiger partial charge in [0.15, 0.2) is 0 Å². The first-order chi connectivity index (χ1) is 16.7. The van der Waals surface area contributed by atoms with Crippen LogP contribution in [-0.2, 0) is 19.1 Å². The molecule has 0 bridgehead atoms. The number of benzene rings is 1. The Morgan fingerprint density at radius 3 is 2.33 bits per heavy atom. The number of rotatable bonds is 12. The molecule has 0 aliphatic carbocycles. The maximum Gasteiger partial charge on any atom is 0.408 e. The summed E-state index contributed by atoms with van der Waals surface area (Å²) < 4.78 is 5.27. The lowest BCUT2D eigenvalue weighted by Crippen LogP contribution is -2.56. The Morgan fingerprint density at radius 2 is 1.81 bits per heavy atom. The lowest BCUT2D eigenvalue weighted by Gasteiger charge is -2.38. The van der Waals surface area contributed by atoms with E-state index in [1.165, 1.54) is 4.90 Å². The largest absolute Gasteiger partial charge is 0.507 e. The average Bonchev–Trinajstić information content (AvgIpc) is 2.76. The van der Waals surface area contributed by atoms with Gasteiger partial charge in [0.2, 0.25) is 17.7 Å². The van der Waals surface area contributed by atoms with Crippen molar-refractivity contribution in [1.82, 2.24) is 15.5 Å². The molecule has 5 N–H and O–H groups in total. The molecule has 0 radical (unpaired) electrons. The summed E-state index contributed by atoms with van der Waals surface area (Å²) in [5.74, 6) is -2.09. The number of hydrogen-bond acceptors (Lipinski definition) is 6. The van der Waals surface area contributed by atoms with E-state index >= 15 is 0 Å². The third kappa shape index (κ3) is 9.05. The van der Waals surface area contributed by atoms with E-state index < -0.39 is 54.0 Å². The zero-order valence-corrected chi connectivity index (χ0v) is 22.5. The van der Waals surface area contributed by atoms with Crippen LogP contribution in [0.25, 0.3) is 0 Å². The number of aromatic hydroxyl groups is 1. The number of carbonyl (C=O) groups excluding carboxylic acids is 4. The summed E-state index contributed by atoms with van der Waals surface area (Å²) >= 11 is 0. The summed E-state index contributed by atoms with van der Waals surface area (Å²) in [7, 11) is 0. The van der Waals surface area contributed by atoms with Crippen LogP contribution < -0.4 is 16.4 Å². The first kappa shape index (κ1) is 30.7. The second kappa shape index (κ2) is 13.7. The number of nitrogens with two attached hydrogens (primary N) is 1. The van der Waals surface area contributed by atoms with Gasteiger partial charge in [0.05, 0.1) is 6.42 Å². The molecule has 4 amide bonds. The van der Waals surface area contributed by atoms with Crippen LogP contribution in [0.15, 0.2) is 18.2 Å². The van der Waals surface area contributed by atoms with E-state index in [-0.39, 0.29) is 11.3 Å². The molecule has 1 rings (SSSR count). The highest BCUT2D eigenvalue weighted by atomic mass is 16.6. The first-order valence-corrected chi connectivity index (χ1v) is 12.4. The summed E-state index contributed by atoms with van der Waals surface area (Å²) in [4.78, 5) is 53.0. The van der Waals surface area contributed by atoms with E-state index in [2.05, 4.69) is 10.6 Å². The number of amides is 4. The summed E-state index contributed by atoms with van der Waals surface area (Å²) in [5, 5.41) is 16.1. The van der Waals surface area contributed by atoms with Crippen LogP contribution in [0.4, 0.5) is 4.79 Å². The van der Waals surface area contributed by atoms with Gasteiger partial charge in [-0.25, -0.2) is 4.79 Å². The molecule has 0 saturated carbocycles. The lowest BCUT2D eigenvalue weighted by molar-refractivity contribution is -0.146. The van der Waals surface area contributed by atoms with Gasteiger partial charge in [-0.3, -0.25) is 14.4 Å². The fourth-order valence-corrected chi connectivity index (χ4v) is 3.63. The molecule has 0 fully saturated rings. The van der Waals surface area contributed by atoms with Gasteiger partial charge in [0.25, 0.3) is 0 Å². The first-order valence-electron chi connectivity index (χ1n) is 12.4. The summed E-state index contributed by atoms with van der Waals surface area (Å²) in [6.07, 6.45) is 0.672. The number of phenolic OH excluding ortho intramolecular Hbond substituents is 1. The number of carbonyl (C=O) groups is 4. The van der Waals surface area contributed by atoms with Gasteiger partial charge in [-0.15, -0.1) is 0 Å². The number of para-hydroxylation sites is 1. The number of alkyl carbamates (subject to hydrolysis) is 1. The van der Waals surface area contributed by atoms with E-state index in [0.717, 1.165) is 12.8 Å². The SMILES string of the molecule is CCCCNC(=O)C(c1cccc(C)c1O)N(C(=O)C(CC(N)=O)NC(=O)OC(C)(C)C)C(C)CC. The number of ether oxygens (including phenoxy) is 1. The van der Waals surface area contributed by atoms with Crippen molar-refractivity contribution in [2.75, 3.05) is 6.54 Å². The minimum Gasteiger partial charge on any atom is -0.507 e. The van der Waals surface area contributed by atoms with Crippen LogP contribution >= 0.6 is 0 Å². The van der Waals surface area contributed by atoms with Crippen LogP contribution in [-0.4, -0.2) is 58.1 Å². The molecule has 3 unspecified atom stereocenters. The van der Waals surface area contributed by atoms with Crippen molar-refractivity contribution in [2.45, 2.75) is 97.9 Å². The van der Waals surface area contributed by atoms with Crippen molar-refractivity contribution in [3.8, 4) is 5.75 Å². The number of nitrogens with one attached hydrogen (secondary N) is 2. The van der Waals surface area contributed by atoms with Crippen molar-refractivity contribution in [3.05, 3.63) is 29.3 Å². The monoisotopic (exact) mass is 506 g/mol. The van der Waals surface area contributed by atoms with Gasteiger partial charge in [0, 0.05) is 18.2 Å². The van der Waals surface area contributed by atoms with Crippen LogP contribution in [0.2, 0.25) is 0 Å². The summed E-state index contributed by atoms with van der Waals surface area (Å²) in [6, 6.07) is 1.90. The van der Waals surface area contributed by atoms with Crippen LogP contribution in [0, 0.1) is 6.92 Å². The molecule has 0 aliphatic rings. The molecule has 10 heteroatoms. The highest BCUT2D eigenvalue weighted by molar-refractivity contribution is 5.95. The van der Waals surface area contributed by atoms with Crippen molar-refractivity contribution < 1.29 is 29.0 Å². The minimum atomic E-state index is -1.37. The summed E-state index contributed by atoms with van der Waals surface area (Å²) in [5.41, 5.74) is 5.34. The zero-order chi connectivity index (χ0) is 27.6. The van der Waals surface area contributed by atoms with E-state index in [4.69, 9.17) is 10.5 Å². The topological polar surface area (TPSA) is 151 Å². The fraction of sp³-hybridized carbons (Fsp3) is 0.615. The molecule has 0 aromatic heterocycles. The normalized spacial score (nSPS) is 13.8. The minimum absolute atomic E-state index is 0.110. The maximum atomic E-state index is 13.9. The standard InChI is InChI=1S/C26H42N4O6/c1-8-10-14-28-23(33)21(18-13-11-12-16(3)22(18)32)30(17(4)9-2)24(34)19(15-20(27)31)29-25(35)36-26(5,6)7/h11-13,17,19,21,32H,8-10,14-15H2,1-7H3,(H2,27,31)(H,28,33)(H,29,35). The number of phenols is 1. The van der Waals surface area contributed by atoms with Gasteiger partial charge in [-0.1, -0.05) is 38.5 Å². The Morgan fingerprint density at radius 1 is 1.17 bits per heavy atom. The maximum absolute atomic E-state index is 13.9. The molecule has 0 spiro atoms. The van der Waals surface area contributed by atoms with Gasteiger partial charge in [0.1, 0.15) is 23.4 Å². The predicted molar refractivity (Wildman–Crippen MR) is 137 cm³/mol. The molecule has 1 aromatic carbocycles. The van der Waals surface area contributed by atoms with Crippen LogP contribution in [0.5, 0.6) is 5.75 Å². The van der Waals surface area contributed by atoms with E-state index in [0.29, 0.717) is 18.5 Å². The Bertz CT molecular complexity index is 927. The molecule has 36 heavy (non-hydrogen) atoms. The quantitative estimate of drug-likeness (QED) is 0.320. The van der Waals surface area contributed by atoms with Gasteiger partial charge in [-0.2, -0.15) is 0 Å². The fourth-order valence-electron chi connectivity index (χ4n) is 3.63. The number of hydrogen-bond donors (Lipinski definition) is 4. The second-order valence-corrected chi connectivity index (χ2v) is 9.93. The zero-order valence-electron chi connectivity index (χ0n) is 22.5. The highest BCUT2D eigenvalue weighted by Gasteiger charge is 2.40. The molecule has 3 atom stereocenters. The Labute approximate surface area is 213 Å². The van der Waals surface area contributed by atoms with E-state index in [1.807, 2.05) is 13.8 Å². The van der Waals surface area contributed by atoms with E-state index in [9.17, 15) is 24.3 Å². The molecule has 202 valence electrons. The molecular formula is C26H42N4O6. The molecule has 0 aliphatic heterocycles. The van der Waals surface area contributed by atoms with Crippen molar-refractivity contribution in [3.63, 3.8) is 0 Å². The lowest BCUT2D eigenvalue weighted by atomic mass is 9.96. The van der Waals surface area contributed by atoms with Crippen LogP contribution in [0.3, 0.4) is 0 Å². The highest BCUT2D eigenvalue weighted by Crippen LogP contribution is 2.34. The second-order valence-electron chi connectivity index (χ2n) is 9.93. The molecular weight excluding hydrogens is 464 g/mol. The number of aryl methyl sites for hydroxylation is 1. The van der Waals surface area contributed by atoms with Gasteiger partial charge in [-0.05, 0) is 53.0 Å². The van der Waals surface area contributed by atoms with Crippen molar-refractivity contribution in [2.24, 2.45) is 5.73 Å². The third-order valence-corrected chi connectivity index (χ3v) is 5.63. The number of unbranched alkanes of at least 4 members (excludes halogenated alkanes) is 1. The molecule has 1 aromatic rings.